The topological polar surface area (TPSA) is 217 Å². The van der Waals surface area contributed by atoms with Gasteiger partial charge in [0.15, 0.2) is 0 Å². The van der Waals surface area contributed by atoms with Crippen LogP contribution in [0.3, 0.4) is 0 Å². The largest absolute Gasteiger partial charge is 0.453 e. The highest BCUT2D eigenvalue weighted by Gasteiger charge is 2.37. The number of aliphatic hydroxyl groups is 1. The summed E-state index contributed by atoms with van der Waals surface area (Å²) in [5.74, 6) is -2.34. The van der Waals surface area contributed by atoms with Crippen LogP contribution in [0, 0.1) is 10.8 Å². The van der Waals surface area contributed by atoms with Gasteiger partial charge in [-0.15, -0.1) is 0 Å². The van der Waals surface area contributed by atoms with Crippen molar-refractivity contribution in [1.82, 2.24) is 31.4 Å². The van der Waals surface area contributed by atoms with Gasteiger partial charge in [-0.1, -0.05) is 102 Å². The first-order valence-electron chi connectivity index (χ1n) is 25.9. The minimum absolute atomic E-state index is 0.0222. The number of methoxy groups -OCH3 is 2. The fraction of sp³-hybridized carbons (Fsp3) is 0.562. The maximum absolute atomic E-state index is 14.6. The van der Waals surface area contributed by atoms with E-state index in [4.69, 9.17) is 40.8 Å². The average molecular weight is 934 g/mol. The van der Waals surface area contributed by atoms with Crippen molar-refractivity contribution < 1.29 is 69.8 Å². The van der Waals surface area contributed by atoms with E-state index in [2.05, 4.69) is 25.8 Å². The monoisotopic (exact) mass is 934 g/mol. The number of hydrogen-bond acceptors (Lipinski definition) is 14. The molecule has 1 aromatic heterocycles. The molecular formula is C48H72N6O12. The standard InChI is InChI=1S/C48H72N6O12/c1-47(2,3)41(52-46(59)66-31-30-65-29-28-64-27-26-63-25-24-62-23-22-60-7)43(56)50-39(32-35-14-10-9-11-15-35)40(55)34-54(53-44(57)42(48(4,5)6)51-45(58)61-8)33-36-17-19-37(20-18-36)38-16-12-13-21-49-38/h9-21,39-42,55H,22-34H2,1-8H3,(H,50,56)(H,51,58)(H,52,59)(H,53,57)/t39-,40-,41+,42+/m0/s1/i4D3,5D3,6D3. The zero-order valence-electron chi connectivity index (χ0n) is 47.3. The quantitative estimate of drug-likeness (QED) is 0.0485. The van der Waals surface area contributed by atoms with Gasteiger partial charge in [0.2, 0.25) is 5.91 Å². The number of nitrogens with one attached hydrogen (secondary N) is 4. The molecule has 0 bridgehead atoms. The summed E-state index contributed by atoms with van der Waals surface area (Å²) in [6.07, 6.45) is -2.52. The number of ether oxygens (including phenoxy) is 7. The number of amides is 4. The van der Waals surface area contributed by atoms with E-state index in [1.54, 1.807) is 107 Å². The zero-order valence-corrected chi connectivity index (χ0v) is 38.3. The smallest absolute Gasteiger partial charge is 0.407 e. The highest BCUT2D eigenvalue weighted by molar-refractivity contribution is 5.87. The molecule has 3 aromatic rings. The number of hydrazine groups is 1. The number of alkyl carbamates (subject to hydrolysis) is 2. The fourth-order valence-electron chi connectivity index (χ4n) is 6.15. The van der Waals surface area contributed by atoms with E-state index in [0.29, 0.717) is 62.0 Å². The Kier molecular flexibility index (Phi) is 18.8. The number of aromatic nitrogens is 1. The summed E-state index contributed by atoms with van der Waals surface area (Å²) in [7, 11) is 2.43. The Morgan fingerprint density at radius 1 is 0.667 bits per heavy atom. The van der Waals surface area contributed by atoms with Crippen molar-refractivity contribution in [3.63, 3.8) is 0 Å². The molecule has 0 saturated heterocycles. The van der Waals surface area contributed by atoms with Gasteiger partial charge in [-0.05, 0) is 40.5 Å². The number of hydrogen-bond donors (Lipinski definition) is 5. The van der Waals surface area contributed by atoms with Gasteiger partial charge in [-0.25, -0.2) is 14.6 Å². The molecule has 4 amide bonds. The van der Waals surface area contributed by atoms with E-state index in [1.807, 2.05) is 5.32 Å². The molecule has 0 spiro atoms. The summed E-state index contributed by atoms with van der Waals surface area (Å²) in [6, 6.07) is 15.5. The molecule has 5 N–H and O–H groups in total. The first-order chi connectivity index (χ1) is 35.3. The summed E-state index contributed by atoms with van der Waals surface area (Å²) in [5, 5.41) is 20.5. The van der Waals surface area contributed by atoms with E-state index >= 15 is 0 Å². The molecule has 66 heavy (non-hydrogen) atoms. The van der Waals surface area contributed by atoms with Crippen molar-refractivity contribution in [1.29, 1.82) is 0 Å². The van der Waals surface area contributed by atoms with Crippen molar-refractivity contribution in [2.24, 2.45) is 10.8 Å². The summed E-state index contributed by atoms with van der Waals surface area (Å²) < 4.78 is 111. The first-order valence-corrected chi connectivity index (χ1v) is 21.4. The number of benzene rings is 2. The Morgan fingerprint density at radius 3 is 1.77 bits per heavy atom. The Bertz CT molecular complexity index is 2140. The Balaban J connectivity index is 1.88. The second-order valence-electron chi connectivity index (χ2n) is 16.0. The molecule has 0 saturated carbocycles. The van der Waals surface area contributed by atoms with Gasteiger partial charge in [0, 0.05) is 44.3 Å². The molecule has 0 unspecified atom stereocenters. The number of carbonyl (C=O) groups excluding carboxylic acids is 4. The van der Waals surface area contributed by atoms with Crippen LogP contribution in [0.15, 0.2) is 79.0 Å². The lowest BCUT2D eigenvalue weighted by molar-refractivity contribution is -0.132. The number of carbonyl (C=O) groups is 4. The molecule has 18 nitrogen and oxygen atoms in total. The fourth-order valence-corrected chi connectivity index (χ4v) is 6.15. The highest BCUT2D eigenvalue weighted by Crippen LogP contribution is 2.23. The molecule has 0 aliphatic rings. The molecule has 366 valence electrons. The molecule has 18 heteroatoms. The van der Waals surface area contributed by atoms with Gasteiger partial charge in [0.05, 0.1) is 84.4 Å². The van der Waals surface area contributed by atoms with Crippen LogP contribution in [0.4, 0.5) is 9.59 Å². The van der Waals surface area contributed by atoms with E-state index in [1.165, 1.54) is 0 Å². The SMILES string of the molecule is [2H]C([2H])([2H])C([C@H](NC(=O)OC)C(=O)NN(Cc1ccc(-c2ccccn2)cc1)C[C@H](O)[C@H](Cc1ccccc1)NC(=O)[C@@H](NC(=O)OCCOCCOCCOCCOCCOC)C(C)(C)C)(C([2H])([2H])[2H])C([2H])([2H])[2H]. The molecule has 4 atom stereocenters. The van der Waals surface area contributed by atoms with Crippen LogP contribution in [0.2, 0.25) is 0 Å². The maximum Gasteiger partial charge on any atom is 0.407 e. The lowest BCUT2D eigenvalue weighted by atomic mass is 9.85. The van der Waals surface area contributed by atoms with Gasteiger partial charge >= 0.3 is 12.2 Å². The Labute approximate surface area is 402 Å². The van der Waals surface area contributed by atoms with Crippen molar-refractivity contribution in [2.75, 3.05) is 86.8 Å². The maximum atomic E-state index is 14.6. The summed E-state index contributed by atoms with van der Waals surface area (Å²) in [5.41, 5.74) is -0.0401. The predicted molar refractivity (Wildman–Crippen MR) is 248 cm³/mol. The summed E-state index contributed by atoms with van der Waals surface area (Å²) >= 11 is 0. The zero-order chi connectivity index (χ0) is 55.9. The van der Waals surface area contributed by atoms with Crippen LogP contribution in [-0.4, -0.2) is 150 Å². The van der Waals surface area contributed by atoms with Crippen LogP contribution >= 0.6 is 0 Å². The highest BCUT2D eigenvalue weighted by atomic mass is 16.6. The Morgan fingerprint density at radius 2 is 1.23 bits per heavy atom. The van der Waals surface area contributed by atoms with Crippen molar-refractivity contribution in [3.05, 3.63) is 90.1 Å². The number of rotatable bonds is 29. The van der Waals surface area contributed by atoms with Crippen molar-refractivity contribution in [2.45, 2.75) is 78.5 Å². The average Bonchev–Trinajstić information content (AvgIpc) is 3.33. The molecule has 0 radical (unpaired) electrons. The number of aliphatic hydroxyl groups excluding tert-OH is 1. The molecule has 0 aliphatic heterocycles. The first kappa shape index (κ1) is 42.2. The van der Waals surface area contributed by atoms with Crippen LogP contribution in [0.5, 0.6) is 0 Å². The van der Waals surface area contributed by atoms with E-state index in [-0.39, 0.29) is 39.4 Å². The molecule has 1 heterocycles. The molecular weight excluding hydrogens is 853 g/mol. The second kappa shape index (κ2) is 29.4. The molecule has 2 aromatic carbocycles. The second-order valence-corrected chi connectivity index (χ2v) is 16.0. The molecule has 0 aliphatic carbocycles. The van der Waals surface area contributed by atoms with Gasteiger partial charge in [0.1, 0.15) is 18.7 Å². The van der Waals surface area contributed by atoms with E-state index in [9.17, 15) is 24.3 Å². The lowest BCUT2D eigenvalue weighted by Crippen LogP contribution is -2.61. The van der Waals surface area contributed by atoms with E-state index in [0.717, 1.165) is 12.1 Å². The van der Waals surface area contributed by atoms with Crippen molar-refractivity contribution in [3.8, 4) is 11.3 Å². The minimum atomic E-state index is -3.95. The van der Waals surface area contributed by atoms with Gasteiger partial charge in [-0.2, -0.15) is 0 Å². The summed E-state index contributed by atoms with van der Waals surface area (Å²) in [4.78, 5) is 59.1. The van der Waals surface area contributed by atoms with Crippen LogP contribution in [0.1, 0.15) is 64.8 Å². The van der Waals surface area contributed by atoms with Gasteiger partial charge < -0.3 is 54.2 Å². The molecule has 3 rings (SSSR count). The normalized spacial score (nSPS) is 16.1. The third-order valence-corrected chi connectivity index (χ3v) is 9.60. The lowest BCUT2D eigenvalue weighted by Gasteiger charge is -2.35. The number of pyridine rings is 1. The van der Waals surface area contributed by atoms with Gasteiger partial charge in [-0.3, -0.25) is 20.0 Å². The minimum Gasteiger partial charge on any atom is -0.453 e. The summed E-state index contributed by atoms with van der Waals surface area (Å²) in [6.45, 7) is -4.80. The Hall–Kier alpha value is -5.21. The van der Waals surface area contributed by atoms with Crippen molar-refractivity contribution >= 4 is 24.0 Å². The number of nitrogens with zero attached hydrogens (tertiary/aromatic N) is 2. The van der Waals surface area contributed by atoms with Crippen LogP contribution < -0.4 is 21.4 Å². The third-order valence-electron chi connectivity index (χ3n) is 9.60. The van der Waals surface area contributed by atoms with Crippen LogP contribution in [-0.2, 0) is 55.7 Å². The van der Waals surface area contributed by atoms with Gasteiger partial charge in [0.25, 0.3) is 5.91 Å². The van der Waals surface area contributed by atoms with E-state index < -0.39 is 86.2 Å². The third kappa shape index (κ3) is 21.4. The molecule has 0 fully saturated rings. The van der Waals surface area contributed by atoms with Crippen LogP contribution in [0.25, 0.3) is 11.3 Å². The predicted octanol–water partition coefficient (Wildman–Crippen LogP) is 4.29.